The van der Waals surface area contributed by atoms with Crippen LogP contribution in [0, 0.1) is 0 Å². The Bertz CT molecular complexity index is 567. The van der Waals surface area contributed by atoms with Crippen molar-refractivity contribution in [1.29, 1.82) is 0 Å². The lowest BCUT2D eigenvalue weighted by atomic mass is 10.2. The van der Waals surface area contributed by atoms with Crippen LogP contribution >= 0.6 is 0 Å². The summed E-state index contributed by atoms with van der Waals surface area (Å²) in [6, 6.07) is 5.24. The molecule has 1 aliphatic heterocycles. The normalized spacial score (nSPS) is 17.2. The maximum Gasteiger partial charge on any atom is 0.301 e. The molecule has 3 N–H and O–H groups in total. The van der Waals surface area contributed by atoms with Gasteiger partial charge in [-0.15, -0.1) is 0 Å². The van der Waals surface area contributed by atoms with Gasteiger partial charge in [0.05, 0.1) is 12.8 Å². The SMILES string of the molecule is COc1cc(CN)ccc1NS(=O)(=O)N1CCCCCC1. The molecule has 0 aromatic heterocycles. The lowest BCUT2D eigenvalue weighted by Gasteiger charge is -2.21. The number of hydrogen-bond donors (Lipinski definition) is 2. The third-order valence-corrected chi connectivity index (χ3v) is 5.17. The molecule has 0 amide bonds. The Morgan fingerprint density at radius 2 is 1.90 bits per heavy atom. The van der Waals surface area contributed by atoms with E-state index in [2.05, 4.69) is 4.72 Å². The van der Waals surface area contributed by atoms with Crippen LogP contribution in [0.1, 0.15) is 31.2 Å². The fraction of sp³-hybridized carbons (Fsp3) is 0.571. The van der Waals surface area contributed by atoms with E-state index in [1.54, 1.807) is 18.2 Å². The molecule has 0 saturated carbocycles. The number of nitrogens with two attached hydrogens (primary N) is 1. The van der Waals surface area contributed by atoms with Gasteiger partial charge >= 0.3 is 10.2 Å². The highest BCUT2D eigenvalue weighted by atomic mass is 32.2. The Kier molecular flexibility index (Phi) is 5.44. The highest BCUT2D eigenvalue weighted by molar-refractivity contribution is 7.90. The van der Waals surface area contributed by atoms with E-state index in [9.17, 15) is 8.42 Å². The van der Waals surface area contributed by atoms with Crippen molar-refractivity contribution in [3.63, 3.8) is 0 Å². The average Bonchev–Trinajstić information content (AvgIpc) is 2.77. The minimum Gasteiger partial charge on any atom is -0.495 e. The Morgan fingerprint density at radius 3 is 2.48 bits per heavy atom. The number of nitrogens with one attached hydrogen (secondary N) is 1. The highest BCUT2D eigenvalue weighted by Gasteiger charge is 2.23. The Hall–Kier alpha value is -1.31. The van der Waals surface area contributed by atoms with Crippen molar-refractivity contribution >= 4 is 15.9 Å². The molecule has 1 aromatic rings. The van der Waals surface area contributed by atoms with Crippen molar-refractivity contribution in [1.82, 2.24) is 4.31 Å². The van der Waals surface area contributed by atoms with Crippen molar-refractivity contribution in [2.24, 2.45) is 5.73 Å². The van der Waals surface area contributed by atoms with E-state index in [1.165, 1.54) is 11.4 Å². The van der Waals surface area contributed by atoms with E-state index < -0.39 is 10.2 Å². The standard InChI is InChI=1S/C14H23N3O3S/c1-20-14-10-12(11-15)6-7-13(14)16-21(18,19)17-8-4-2-3-5-9-17/h6-7,10,16H,2-5,8-9,11,15H2,1H3. The molecule has 0 bridgehead atoms. The molecule has 1 fully saturated rings. The van der Waals surface area contributed by atoms with Gasteiger partial charge < -0.3 is 10.5 Å². The molecule has 21 heavy (non-hydrogen) atoms. The van der Waals surface area contributed by atoms with Crippen molar-refractivity contribution in [2.45, 2.75) is 32.2 Å². The summed E-state index contributed by atoms with van der Waals surface area (Å²) in [5, 5.41) is 0. The van der Waals surface area contributed by atoms with Crippen molar-refractivity contribution in [3.05, 3.63) is 23.8 Å². The molecule has 118 valence electrons. The molecular formula is C14H23N3O3S. The molecule has 1 heterocycles. The largest absolute Gasteiger partial charge is 0.495 e. The van der Waals surface area contributed by atoms with E-state index in [4.69, 9.17) is 10.5 Å². The van der Waals surface area contributed by atoms with Crippen molar-refractivity contribution in [2.75, 3.05) is 24.9 Å². The van der Waals surface area contributed by atoms with E-state index in [1.807, 2.05) is 0 Å². The summed E-state index contributed by atoms with van der Waals surface area (Å²) in [6.45, 7) is 1.52. The average molecular weight is 313 g/mol. The lowest BCUT2D eigenvalue weighted by Crippen LogP contribution is -2.36. The van der Waals surface area contributed by atoms with Gasteiger partial charge in [-0.3, -0.25) is 4.72 Å². The first-order valence-electron chi connectivity index (χ1n) is 7.21. The zero-order valence-corrected chi connectivity index (χ0v) is 13.2. The van der Waals surface area contributed by atoms with Crippen molar-refractivity contribution in [3.8, 4) is 5.75 Å². The molecular weight excluding hydrogens is 290 g/mol. The number of ether oxygens (including phenoxy) is 1. The molecule has 1 saturated heterocycles. The fourth-order valence-electron chi connectivity index (χ4n) is 2.43. The highest BCUT2D eigenvalue weighted by Crippen LogP contribution is 2.27. The molecule has 7 heteroatoms. The van der Waals surface area contributed by atoms with E-state index >= 15 is 0 Å². The second-order valence-corrected chi connectivity index (χ2v) is 6.83. The zero-order chi connectivity index (χ0) is 15.3. The van der Waals surface area contributed by atoms with Gasteiger partial charge in [-0.05, 0) is 30.5 Å². The Morgan fingerprint density at radius 1 is 1.24 bits per heavy atom. The lowest BCUT2D eigenvalue weighted by molar-refractivity contribution is 0.414. The first kappa shape index (κ1) is 16.1. The first-order chi connectivity index (χ1) is 10.1. The summed E-state index contributed by atoms with van der Waals surface area (Å²) in [7, 11) is -2.03. The monoisotopic (exact) mass is 313 g/mol. The van der Waals surface area contributed by atoms with Crippen LogP contribution in [0.3, 0.4) is 0 Å². The van der Waals surface area contributed by atoms with Gasteiger partial charge in [0.15, 0.2) is 0 Å². The van der Waals surface area contributed by atoms with Crippen LogP contribution in [-0.4, -0.2) is 32.9 Å². The number of anilines is 1. The van der Waals surface area contributed by atoms with Crippen molar-refractivity contribution < 1.29 is 13.2 Å². The summed E-state index contributed by atoms with van der Waals surface area (Å²) in [5.41, 5.74) is 6.92. The first-order valence-corrected chi connectivity index (χ1v) is 8.65. The molecule has 0 aliphatic carbocycles. The summed E-state index contributed by atoms with van der Waals surface area (Å²) < 4.78 is 34.3. The van der Waals surface area contributed by atoms with Gasteiger partial charge in [0.1, 0.15) is 5.75 Å². The molecule has 0 spiro atoms. The molecule has 6 nitrogen and oxygen atoms in total. The molecule has 1 aromatic carbocycles. The maximum atomic E-state index is 12.5. The number of methoxy groups -OCH3 is 1. The summed E-state index contributed by atoms with van der Waals surface area (Å²) in [4.78, 5) is 0. The van der Waals surface area contributed by atoms with Crippen LogP contribution in [0.2, 0.25) is 0 Å². The predicted octanol–water partition coefficient (Wildman–Crippen LogP) is 1.69. The number of nitrogens with zero attached hydrogens (tertiary/aromatic N) is 1. The summed E-state index contributed by atoms with van der Waals surface area (Å²) >= 11 is 0. The Labute approximate surface area is 126 Å². The topological polar surface area (TPSA) is 84.7 Å². The number of benzene rings is 1. The second kappa shape index (κ2) is 7.11. The van der Waals surface area contributed by atoms with Crippen LogP contribution in [-0.2, 0) is 16.8 Å². The molecule has 0 radical (unpaired) electrons. The molecule has 1 aliphatic rings. The number of rotatable bonds is 5. The minimum absolute atomic E-state index is 0.384. The van der Waals surface area contributed by atoms with E-state index in [-0.39, 0.29) is 0 Å². The number of hydrogen-bond acceptors (Lipinski definition) is 4. The van der Waals surface area contributed by atoms with Gasteiger partial charge in [0.25, 0.3) is 0 Å². The van der Waals surface area contributed by atoms with E-state index in [0.29, 0.717) is 31.1 Å². The van der Waals surface area contributed by atoms with Gasteiger partial charge in [-0.2, -0.15) is 12.7 Å². The van der Waals surface area contributed by atoms with Crippen LogP contribution in [0.4, 0.5) is 5.69 Å². The van der Waals surface area contributed by atoms with Crippen LogP contribution in [0.15, 0.2) is 18.2 Å². The maximum absolute atomic E-state index is 12.5. The minimum atomic E-state index is -3.54. The predicted molar refractivity (Wildman–Crippen MR) is 83.5 cm³/mol. The Balaban J connectivity index is 2.19. The van der Waals surface area contributed by atoms with E-state index in [0.717, 1.165) is 31.2 Å². The van der Waals surface area contributed by atoms with Crippen LogP contribution in [0.5, 0.6) is 5.75 Å². The molecule has 0 atom stereocenters. The third-order valence-electron chi connectivity index (χ3n) is 3.65. The van der Waals surface area contributed by atoms with Crippen LogP contribution < -0.4 is 15.2 Å². The van der Waals surface area contributed by atoms with Gasteiger partial charge in [-0.1, -0.05) is 18.9 Å². The van der Waals surface area contributed by atoms with Crippen LogP contribution in [0.25, 0.3) is 0 Å². The van der Waals surface area contributed by atoms with Gasteiger partial charge in [0.2, 0.25) is 0 Å². The zero-order valence-electron chi connectivity index (χ0n) is 12.3. The molecule has 0 unspecified atom stereocenters. The van der Waals surface area contributed by atoms with Gasteiger partial charge in [-0.25, -0.2) is 0 Å². The second-order valence-electron chi connectivity index (χ2n) is 5.16. The summed E-state index contributed by atoms with van der Waals surface area (Å²) in [5.74, 6) is 0.483. The fourth-order valence-corrected chi connectivity index (χ4v) is 3.75. The third kappa shape index (κ3) is 4.09. The smallest absolute Gasteiger partial charge is 0.301 e. The molecule has 2 rings (SSSR count). The van der Waals surface area contributed by atoms with Gasteiger partial charge in [0, 0.05) is 19.6 Å². The quantitative estimate of drug-likeness (QED) is 0.866. The summed E-state index contributed by atoms with van der Waals surface area (Å²) in [6.07, 6.45) is 3.98.